The smallest absolute Gasteiger partial charge is 0.293 e. The standard InChI is InChI=1S/C10H10N2O/c1-8(4-5-10(11)13)9-3-2-6-12-7-9/h2-3,6-8H,1H3,(H2,11,13). The summed E-state index contributed by atoms with van der Waals surface area (Å²) in [6, 6.07) is 3.74. The molecule has 1 heterocycles. The van der Waals surface area contributed by atoms with Crippen LogP contribution in [-0.4, -0.2) is 10.9 Å². The quantitative estimate of drug-likeness (QED) is 0.636. The lowest BCUT2D eigenvalue weighted by atomic mass is 10.0. The maximum atomic E-state index is 10.4. The molecule has 3 heteroatoms. The minimum Gasteiger partial charge on any atom is -0.359 e. The Morgan fingerprint density at radius 2 is 2.46 bits per heavy atom. The van der Waals surface area contributed by atoms with Gasteiger partial charge in [0.25, 0.3) is 5.91 Å². The van der Waals surface area contributed by atoms with E-state index in [2.05, 4.69) is 16.8 Å². The van der Waals surface area contributed by atoms with Crippen LogP contribution in [0.5, 0.6) is 0 Å². The number of primary amides is 1. The van der Waals surface area contributed by atoms with Crippen LogP contribution in [0.4, 0.5) is 0 Å². The zero-order valence-electron chi connectivity index (χ0n) is 7.32. The second-order valence-electron chi connectivity index (χ2n) is 2.64. The number of nitrogens with two attached hydrogens (primary N) is 1. The number of hydrogen-bond donors (Lipinski definition) is 1. The van der Waals surface area contributed by atoms with Gasteiger partial charge in [-0.05, 0) is 24.5 Å². The summed E-state index contributed by atoms with van der Waals surface area (Å²) in [4.78, 5) is 14.3. The molecule has 66 valence electrons. The Hall–Kier alpha value is -1.82. The number of aromatic nitrogens is 1. The number of carbonyl (C=O) groups excluding carboxylic acids is 1. The van der Waals surface area contributed by atoms with Gasteiger partial charge >= 0.3 is 0 Å². The van der Waals surface area contributed by atoms with Gasteiger partial charge in [0, 0.05) is 18.3 Å². The van der Waals surface area contributed by atoms with Crippen molar-refractivity contribution in [3.05, 3.63) is 30.1 Å². The Labute approximate surface area is 77.0 Å². The number of amides is 1. The predicted octanol–water partition coefficient (Wildman–Crippen LogP) is 0.674. The van der Waals surface area contributed by atoms with Crippen LogP contribution in [0.1, 0.15) is 18.4 Å². The molecule has 0 saturated carbocycles. The van der Waals surface area contributed by atoms with Gasteiger partial charge < -0.3 is 5.73 Å². The first-order valence-corrected chi connectivity index (χ1v) is 3.91. The van der Waals surface area contributed by atoms with Crippen molar-refractivity contribution in [1.82, 2.24) is 4.98 Å². The highest BCUT2D eigenvalue weighted by Crippen LogP contribution is 2.10. The van der Waals surface area contributed by atoms with E-state index in [4.69, 9.17) is 5.73 Å². The Morgan fingerprint density at radius 3 is 3.00 bits per heavy atom. The van der Waals surface area contributed by atoms with E-state index < -0.39 is 5.91 Å². The van der Waals surface area contributed by atoms with Gasteiger partial charge in [0.1, 0.15) is 0 Å². The average Bonchev–Trinajstić information content (AvgIpc) is 2.15. The molecule has 3 nitrogen and oxygen atoms in total. The minimum absolute atomic E-state index is 0.0128. The van der Waals surface area contributed by atoms with Gasteiger partial charge in [0.2, 0.25) is 0 Å². The monoisotopic (exact) mass is 174 g/mol. The number of nitrogens with zero attached hydrogens (tertiary/aromatic N) is 1. The van der Waals surface area contributed by atoms with E-state index in [1.165, 1.54) is 0 Å². The fourth-order valence-electron chi connectivity index (χ4n) is 0.895. The highest BCUT2D eigenvalue weighted by molar-refractivity contribution is 5.92. The molecule has 0 bridgehead atoms. The zero-order chi connectivity index (χ0) is 9.68. The first-order chi connectivity index (χ1) is 6.20. The first-order valence-electron chi connectivity index (χ1n) is 3.91. The molecule has 1 aromatic heterocycles. The lowest BCUT2D eigenvalue weighted by molar-refractivity contribution is -0.112. The second kappa shape index (κ2) is 4.27. The van der Waals surface area contributed by atoms with E-state index in [1.807, 2.05) is 19.1 Å². The lowest BCUT2D eigenvalue weighted by Crippen LogP contribution is -2.06. The molecule has 0 fully saturated rings. The van der Waals surface area contributed by atoms with Crippen LogP contribution in [0.2, 0.25) is 0 Å². The van der Waals surface area contributed by atoms with Crippen LogP contribution >= 0.6 is 0 Å². The van der Waals surface area contributed by atoms with Crippen molar-refractivity contribution in [3.63, 3.8) is 0 Å². The van der Waals surface area contributed by atoms with Crippen molar-refractivity contribution in [2.75, 3.05) is 0 Å². The van der Waals surface area contributed by atoms with Crippen LogP contribution < -0.4 is 5.73 Å². The largest absolute Gasteiger partial charge is 0.359 e. The molecule has 0 aliphatic heterocycles. The van der Waals surface area contributed by atoms with Crippen LogP contribution in [0.15, 0.2) is 24.5 Å². The van der Waals surface area contributed by atoms with Crippen molar-refractivity contribution in [2.24, 2.45) is 5.73 Å². The van der Waals surface area contributed by atoms with Crippen molar-refractivity contribution >= 4 is 5.91 Å². The van der Waals surface area contributed by atoms with Crippen molar-refractivity contribution in [2.45, 2.75) is 12.8 Å². The number of pyridine rings is 1. The average molecular weight is 174 g/mol. The summed E-state index contributed by atoms with van der Waals surface area (Å²) in [7, 11) is 0. The van der Waals surface area contributed by atoms with Gasteiger partial charge in [-0.15, -0.1) is 0 Å². The molecule has 0 aromatic carbocycles. The van der Waals surface area contributed by atoms with Crippen molar-refractivity contribution in [1.29, 1.82) is 0 Å². The van der Waals surface area contributed by atoms with E-state index >= 15 is 0 Å². The molecule has 1 amide bonds. The van der Waals surface area contributed by atoms with Gasteiger partial charge in [-0.25, -0.2) is 0 Å². The maximum Gasteiger partial charge on any atom is 0.293 e. The summed E-state index contributed by atoms with van der Waals surface area (Å²) in [5, 5.41) is 0. The fourth-order valence-corrected chi connectivity index (χ4v) is 0.895. The summed E-state index contributed by atoms with van der Waals surface area (Å²) >= 11 is 0. The molecule has 1 rings (SSSR count). The highest BCUT2D eigenvalue weighted by Gasteiger charge is 1.99. The van der Waals surface area contributed by atoms with Gasteiger partial charge in [0.15, 0.2) is 0 Å². The molecule has 0 spiro atoms. The fraction of sp³-hybridized carbons (Fsp3) is 0.200. The molecule has 0 radical (unpaired) electrons. The predicted molar refractivity (Wildman–Crippen MR) is 49.6 cm³/mol. The molecule has 1 unspecified atom stereocenters. The SMILES string of the molecule is CC(C#CC(N)=O)c1cccnc1. The van der Waals surface area contributed by atoms with E-state index in [1.54, 1.807) is 12.4 Å². The summed E-state index contributed by atoms with van der Waals surface area (Å²) < 4.78 is 0. The molecular weight excluding hydrogens is 164 g/mol. The second-order valence-corrected chi connectivity index (χ2v) is 2.64. The van der Waals surface area contributed by atoms with E-state index in [-0.39, 0.29) is 5.92 Å². The third kappa shape index (κ3) is 2.96. The molecule has 1 atom stereocenters. The van der Waals surface area contributed by atoms with Crippen LogP contribution in [0, 0.1) is 11.8 Å². The van der Waals surface area contributed by atoms with Gasteiger partial charge in [-0.3, -0.25) is 9.78 Å². The van der Waals surface area contributed by atoms with Crippen LogP contribution in [0.3, 0.4) is 0 Å². The summed E-state index contributed by atoms with van der Waals surface area (Å²) in [5.74, 6) is 4.42. The summed E-state index contributed by atoms with van der Waals surface area (Å²) in [6.07, 6.45) is 3.41. The van der Waals surface area contributed by atoms with Gasteiger partial charge in [-0.2, -0.15) is 0 Å². The Balaban J connectivity index is 2.77. The van der Waals surface area contributed by atoms with Crippen LogP contribution in [0.25, 0.3) is 0 Å². The molecule has 1 aromatic rings. The number of carbonyl (C=O) groups is 1. The molecule has 2 N–H and O–H groups in total. The summed E-state index contributed by atoms with van der Waals surface area (Å²) in [5.41, 5.74) is 5.87. The first kappa shape index (κ1) is 9.27. The highest BCUT2D eigenvalue weighted by atomic mass is 16.1. The van der Waals surface area contributed by atoms with E-state index in [0.717, 1.165) is 5.56 Å². The van der Waals surface area contributed by atoms with Crippen molar-refractivity contribution < 1.29 is 4.79 Å². The maximum absolute atomic E-state index is 10.4. The molecule has 13 heavy (non-hydrogen) atoms. The van der Waals surface area contributed by atoms with Gasteiger partial charge in [0.05, 0.1) is 0 Å². The lowest BCUT2D eigenvalue weighted by Gasteiger charge is -2.01. The Bertz CT molecular complexity index is 348. The molecular formula is C10H10N2O. The zero-order valence-corrected chi connectivity index (χ0v) is 7.32. The van der Waals surface area contributed by atoms with E-state index in [9.17, 15) is 4.79 Å². The Morgan fingerprint density at radius 1 is 1.69 bits per heavy atom. The number of hydrogen-bond acceptors (Lipinski definition) is 2. The minimum atomic E-state index is -0.601. The topological polar surface area (TPSA) is 56.0 Å². The van der Waals surface area contributed by atoms with E-state index in [0.29, 0.717) is 0 Å². The molecule has 0 aliphatic rings. The number of rotatable bonds is 1. The third-order valence-electron chi connectivity index (χ3n) is 1.60. The van der Waals surface area contributed by atoms with Crippen molar-refractivity contribution in [3.8, 4) is 11.8 Å². The third-order valence-corrected chi connectivity index (χ3v) is 1.60. The van der Waals surface area contributed by atoms with Gasteiger partial charge in [-0.1, -0.05) is 12.0 Å². The normalized spacial score (nSPS) is 11.2. The Kier molecular flexibility index (Phi) is 3.04. The summed E-state index contributed by atoms with van der Waals surface area (Å²) in [6.45, 7) is 1.90. The molecule has 0 aliphatic carbocycles. The van der Waals surface area contributed by atoms with Crippen LogP contribution in [-0.2, 0) is 4.79 Å². The molecule has 0 saturated heterocycles.